The van der Waals surface area contributed by atoms with Crippen LogP contribution >= 0.6 is 0 Å². The third-order valence-corrected chi connectivity index (χ3v) is 5.67. The summed E-state index contributed by atoms with van der Waals surface area (Å²) in [6, 6.07) is 11.8. The van der Waals surface area contributed by atoms with Crippen LogP contribution in [0.5, 0.6) is 0 Å². The van der Waals surface area contributed by atoms with Crippen LogP contribution in [0.1, 0.15) is 36.0 Å². The molecule has 1 fully saturated rings. The fourth-order valence-electron chi connectivity index (χ4n) is 4.10. The Morgan fingerprint density at radius 1 is 0.963 bits per heavy atom. The number of nitrogens with zero attached hydrogens (tertiary/aromatic N) is 3. The summed E-state index contributed by atoms with van der Waals surface area (Å²) in [5, 5.41) is 0. The first-order chi connectivity index (χ1) is 13.2. The maximum Gasteiger partial charge on any atom is 0.251 e. The quantitative estimate of drug-likeness (QED) is 0.835. The first-order valence-electron chi connectivity index (χ1n) is 9.95. The smallest absolute Gasteiger partial charge is 0.251 e. The average molecular weight is 365 g/mol. The maximum absolute atomic E-state index is 12.7. The standard InChI is InChI=1S/C22H27N3O2/c26-21-13-19-9-12-24(22(27)17-23-10-5-2-6-11-23)15-20(19)16-25(21)14-18-7-3-1-4-8-18/h1,3-4,7-8,13,16H,2,5-6,9-12,14-15,17H2. The molecule has 1 saturated heterocycles. The Balaban J connectivity index is 1.47. The minimum atomic E-state index is 0.0331. The molecule has 5 nitrogen and oxygen atoms in total. The zero-order valence-corrected chi connectivity index (χ0v) is 15.8. The minimum Gasteiger partial charge on any atom is -0.337 e. The van der Waals surface area contributed by atoms with E-state index in [4.69, 9.17) is 0 Å². The third-order valence-electron chi connectivity index (χ3n) is 5.67. The molecule has 1 aromatic heterocycles. The van der Waals surface area contributed by atoms with Gasteiger partial charge in [-0.25, -0.2) is 0 Å². The number of pyridine rings is 1. The first-order valence-corrected chi connectivity index (χ1v) is 9.95. The Hall–Kier alpha value is -2.40. The van der Waals surface area contributed by atoms with Crippen LogP contribution in [0.4, 0.5) is 0 Å². The number of aromatic nitrogens is 1. The predicted octanol–water partition coefficient (Wildman–Crippen LogP) is 2.27. The van der Waals surface area contributed by atoms with Crippen LogP contribution in [-0.4, -0.2) is 46.5 Å². The van der Waals surface area contributed by atoms with Crippen molar-refractivity contribution in [1.29, 1.82) is 0 Å². The fourth-order valence-corrected chi connectivity index (χ4v) is 4.10. The van der Waals surface area contributed by atoms with E-state index in [2.05, 4.69) is 4.90 Å². The Kier molecular flexibility index (Phi) is 5.39. The average Bonchev–Trinajstić information content (AvgIpc) is 2.70. The van der Waals surface area contributed by atoms with Crippen LogP contribution in [0.2, 0.25) is 0 Å². The highest BCUT2D eigenvalue weighted by Gasteiger charge is 2.24. The third kappa shape index (κ3) is 4.30. The molecule has 2 aliphatic rings. The molecule has 0 bridgehead atoms. The molecule has 0 N–H and O–H groups in total. The Bertz CT molecular complexity index is 854. The predicted molar refractivity (Wildman–Crippen MR) is 106 cm³/mol. The lowest BCUT2D eigenvalue weighted by Gasteiger charge is -2.32. The van der Waals surface area contributed by atoms with Gasteiger partial charge in [0.2, 0.25) is 5.91 Å². The summed E-state index contributed by atoms with van der Waals surface area (Å²) in [6.07, 6.45) is 6.39. The van der Waals surface area contributed by atoms with Crippen molar-refractivity contribution in [2.45, 2.75) is 38.8 Å². The van der Waals surface area contributed by atoms with Crippen molar-refractivity contribution in [1.82, 2.24) is 14.4 Å². The highest BCUT2D eigenvalue weighted by Crippen LogP contribution is 2.18. The molecule has 0 unspecified atom stereocenters. The van der Waals surface area contributed by atoms with Gasteiger partial charge in [-0.05, 0) is 49.0 Å². The molecular formula is C22H27N3O2. The number of piperidine rings is 1. The van der Waals surface area contributed by atoms with Crippen LogP contribution in [0.25, 0.3) is 0 Å². The van der Waals surface area contributed by atoms with Crippen molar-refractivity contribution in [3.63, 3.8) is 0 Å². The number of fused-ring (bicyclic) bond motifs is 1. The first kappa shape index (κ1) is 18.0. The molecular weight excluding hydrogens is 338 g/mol. The molecule has 4 rings (SSSR count). The molecule has 0 aliphatic carbocycles. The van der Waals surface area contributed by atoms with Gasteiger partial charge in [0.05, 0.1) is 13.1 Å². The van der Waals surface area contributed by atoms with Gasteiger partial charge >= 0.3 is 0 Å². The second kappa shape index (κ2) is 8.09. The maximum atomic E-state index is 12.7. The number of carbonyl (C=O) groups is 1. The monoisotopic (exact) mass is 365 g/mol. The van der Waals surface area contributed by atoms with Crippen molar-refractivity contribution in [3.8, 4) is 0 Å². The minimum absolute atomic E-state index is 0.0331. The SMILES string of the molecule is O=C(CN1CCCCC1)N1CCc2cc(=O)n(Cc3ccccc3)cc2C1. The van der Waals surface area contributed by atoms with Crippen molar-refractivity contribution in [3.05, 3.63) is 69.6 Å². The number of rotatable bonds is 4. The van der Waals surface area contributed by atoms with Crippen LogP contribution in [0.3, 0.4) is 0 Å². The molecule has 0 radical (unpaired) electrons. The molecule has 3 heterocycles. The van der Waals surface area contributed by atoms with E-state index >= 15 is 0 Å². The van der Waals surface area contributed by atoms with E-state index in [1.807, 2.05) is 41.4 Å². The van der Waals surface area contributed by atoms with Crippen molar-refractivity contribution in [2.75, 3.05) is 26.2 Å². The topological polar surface area (TPSA) is 45.6 Å². The normalized spacial score (nSPS) is 17.6. The highest BCUT2D eigenvalue weighted by molar-refractivity contribution is 5.78. The number of carbonyl (C=O) groups excluding carboxylic acids is 1. The Morgan fingerprint density at radius 2 is 1.74 bits per heavy atom. The molecule has 1 amide bonds. The summed E-state index contributed by atoms with van der Waals surface area (Å²) < 4.78 is 1.76. The molecule has 5 heteroatoms. The fraction of sp³-hybridized carbons (Fsp3) is 0.455. The number of hydrogen-bond donors (Lipinski definition) is 0. The van der Waals surface area contributed by atoms with Crippen molar-refractivity contribution < 1.29 is 4.79 Å². The number of benzene rings is 1. The van der Waals surface area contributed by atoms with Gasteiger partial charge in [-0.15, -0.1) is 0 Å². The van der Waals surface area contributed by atoms with E-state index in [-0.39, 0.29) is 11.5 Å². The molecule has 142 valence electrons. The van der Waals surface area contributed by atoms with Gasteiger partial charge in [0.1, 0.15) is 0 Å². The van der Waals surface area contributed by atoms with E-state index in [0.717, 1.165) is 36.2 Å². The van der Waals surface area contributed by atoms with Gasteiger partial charge in [0, 0.05) is 25.4 Å². The second-order valence-corrected chi connectivity index (χ2v) is 7.68. The summed E-state index contributed by atoms with van der Waals surface area (Å²) in [7, 11) is 0. The summed E-state index contributed by atoms with van der Waals surface area (Å²) in [6.45, 7) is 4.48. The lowest BCUT2D eigenvalue weighted by atomic mass is 10.0. The molecule has 1 aromatic carbocycles. The van der Waals surface area contributed by atoms with Crippen LogP contribution in [0, 0.1) is 0 Å². The van der Waals surface area contributed by atoms with Crippen LogP contribution < -0.4 is 5.56 Å². The van der Waals surface area contributed by atoms with E-state index in [1.165, 1.54) is 19.3 Å². The molecule has 0 spiro atoms. The number of likely N-dealkylation sites (tertiary alicyclic amines) is 1. The van der Waals surface area contributed by atoms with E-state index in [1.54, 1.807) is 10.6 Å². The molecule has 2 aliphatic heterocycles. The van der Waals surface area contributed by atoms with E-state index in [0.29, 0.717) is 26.2 Å². The van der Waals surface area contributed by atoms with Gasteiger partial charge < -0.3 is 9.47 Å². The zero-order valence-electron chi connectivity index (χ0n) is 15.8. The van der Waals surface area contributed by atoms with Crippen molar-refractivity contribution >= 4 is 5.91 Å². The zero-order chi connectivity index (χ0) is 18.6. The van der Waals surface area contributed by atoms with Gasteiger partial charge in [0.15, 0.2) is 0 Å². The number of amides is 1. The Labute approximate surface area is 160 Å². The van der Waals surface area contributed by atoms with Crippen LogP contribution in [-0.2, 0) is 24.3 Å². The number of hydrogen-bond acceptors (Lipinski definition) is 3. The summed E-state index contributed by atoms with van der Waals surface area (Å²) >= 11 is 0. The Morgan fingerprint density at radius 3 is 2.52 bits per heavy atom. The summed E-state index contributed by atoms with van der Waals surface area (Å²) in [5.41, 5.74) is 3.33. The summed E-state index contributed by atoms with van der Waals surface area (Å²) in [4.78, 5) is 29.4. The summed E-state index contributed by atoms with van der Waals surface area (Å²) in [5.74, 6) is 0.211. The van der Waals surface area contributed by atoms with Gasteiger partial charge in [-0.2, -0.15) is 0 Å². The van der Waals surface area contributed by atoms with Crippen LogP contribution in [0.15, 0.2) is 47.4 Å². The van der Waals surface area contributed by atoms with Crippen molar-refractivity contribution in [2.24, 2.45) is 0 Å². The highest BCUT2D eigenvalue weighted by atomic mass is 16.2. The molecule has 0 atom stereocenters. The molecule has 0 saturated carbocycles. The largest absolute Gasteiger partial charge is 0.337 e. The molecule has 2 aromatic rings. The molecule has 27 heavy (non-hydrogen) atoms. The van der Waals surface area contributed by atoms with E-state index in [9.17, 15) is 9.59 Å². The lowest BCUT2D eigenvalue weighted by Crippen LogP contribution is -2.44. The lowest BCUT2D eigenvalue weighted by molar-refractivity contribution is -0.133. The van der Waals surface area contributed by atoms with Gasteiger partial charge in [-0.1, -0.05) is 36.8 Å². The second-order valence-electron chi connectivity index (χ2n) is 7.68. The van der Waals surface area contributed by atoms with Gasteiger partial charge in [0.25, 0.3) is 5.56 Å². The van der Waals surface area contributed by atoms with E-state index < -0.39 is 0 Å². The van der Waals surface area contributed by atoms with Gasteiger partial charge in [-0.3, -0.25) is 14.5 Å².